The molecule has 2 fully saturated rings. The maximum Gasteiger partial charge on any atom is 0.253 e. The van der Waals surface area contributed by atoms with Gasteiger partial charge in [0.05, 0.1) is 5.75 Å². The number of sulfonamides is 1. The van der Waals surface area contributed by atoms with E-state index < -0.39 is 15.6 Å². The van der Waals surface area contributed by atoms with Gasteiger partial charge in [0, 0.05) is 32.5 Å². The fourth-order valence-electron chi connectivity index (χ4n) is 5.70. The molecule has 2 aliphatic heterocycles. The molecule has 1 aromatic rings. The van der Waals surface area contributed by atoms with Crippen LogP contribution in [0.25, 0.3) is 0 Å². The lowest BCUT2D eigenvalue weighted by Gasteiger charge is -2.34. The first-order valence-corrected chi connectivity index (χ1v) is 14.7. The van der Waals surface area contributed by atoms with Crippen LogP contribution in [-0.2, 0) is 37.2 Å². The Bertz CT molecular complexity index is 1110. The van der Waals surface area contributed by atoms with E-state index in [1.807, 2.05) is 25.1 Å². The fraction of sp³-hybridized carbons (Fsp3) is 0.667. The van der Waals surface area contributed by atoms with Gasteiger partial charge in [0.2, 0.25) is 10.0 Å². The van der Waals surface area contributed by atoms with E-state index in [1.165, 1.54) is 11.4 Å². The van der Waals surface area contributed by atoms with Gasteiger partial charge in [-0.1, -0.05) is 38.0 Å². The molecular formula is C27H39N3O5S. The summed E-state index contributed by atoms with van der Waals surface area (Å²) in [6, 6.07) is 5.74. The summed E-state index contributed by atoms with van der Waals surface area (Å²) in [4.78, 5) is 29.6. The molecule has 198 valence electrons. The minimum atomic E-state index is -3.46. The van der Waals surface area contributed by atoms with Gasteiger partial charge in [0.1, 0.15) is 18.0 Å². The minimum absolute atomic E-state index is 0.0100. The lowest BCUT2D eigenvalue weighted by molar-refractivity contribution is -0.125. The molecule has 1 N–H and O–H groups in total. The van der Waals surface area contributed by atoms with Gasteiger partial charge >= 0.3 is 0 Å². The Morgan fingerprint density at radius 2 is 1.89 bits per heavy atom. The highest BCUT2D eigenvalue weighted by Gasteiger charge is 2.48. The number of ketones is 1. The average molecular weight is 518 g/mol. The van der Waals surface area contributed by atoms with Crippen molar-refractivity contribution in [2.45, 2.75) is 70.8 Å². The molecule has 0 bridgehead atoms. The van der Waals surface area contributed by atoms with Crippen molar-refractivity contribution in [2.24, 2.45) is 16.8 Å². The summed E-state index contributed by atoms with van der Waals surface area (Å²) in [6.07, 6.45) is 5.99. The molecular weight excluding hydrogens is 478 g/mol. The molecule has 1 spiro atoms. The fourth-order valence-corrected chi connectivity index (χ4v) is 7.17. The zero-order valence-electron chi connectivity index (χ0n) is 21.7. The number of hydrogen-bond donors (Lipinski definition) is 1. The van der Waals surface area contributed by atoms with Crippen LogP contribution in [0.4, 0.5) is 0 Å². The quantitative estimate of drug-likeness (QED) is 0.542. The van der Waals surface area contributed by atoms with E-state index in [0.29, 0.717) is 44.7 Å². The van der Waals surface area contributed by atoms with Crippen LogP contribution in [0, 0.1) is 18.8 Å². The molecule has 9 heteroatoms. The first-order chi connectivity index (χ1) is 17.1. The summed E-state index contributed by atoms with van der Waals surface area (Å²) in [5, 5.41) is 3.04. The Hall–Kier alpha value is -2.10. The summed E-state index contributed by atoms with van der Waals surface area (Å²) < 4.78 is 32.6. The standard InChI is InChI=1S/C27H39N3O5S/c1-19-4-7-23(8-5-19)25-28-26(32)27(29-25)11-13-30(14-12-27)36(33,34)15-10-22-9-6-21(16-20(22)2)17-24(31)18-35-3/h6,9,16,19,23H,4-5,7-8,10-15,17-18H2,1-3H3,(H,28,29,32). The molecule has 4 rings (SSSR count). The number of amides is 1. The Morgan fingerprint density at radius 1 is 1.19 bits per heavy atom. The Kier molecular flexibility index (Phi) is 8.32. The number of rotatable bonds is 9. The van der Waals surface area contributed by atoms with Crippen LogP contribution in [-0.4, -0.2) is 68.3 Å². The highest BCUT2D eigenvalue weighted by atomic mass is 32.2. The third-order valence-electron chi connectivity index (χ3n) is 8.09. The molecule has 8 nitrogen and oxygen atoms in total. The van der Waals surface area contributed by atoms with E-state index >= 15 is 0 Å². The number of aryl methyl sites for hydroxylation is 2. The first kappa shape index (κ1) is 26.9. The summed E-state index contributed by atoms with van der Waals surface area (Å²) >= 11 is 0. The maximum absolute atomic E-state index is 13.1. The molecule has 0 unspecified atom stereocenters. The first-order valence-electron chi connectivity index (χ1n) is 13.1. The van der Waals surface area contributed by atoms with Gasteiger partial charge in [-0.15, -0.1) is 0 Å². The van der Waals surface area contributed by atoms with Gasteiger partial charge in [-0.25, -0.2) is 12.7 Å². The minimum Gasteiger partial charge on any atom is -0.377 e. The largest absolute Gasteiger partial charge is 0.377 e. The molecule has 1 aromatic carbocycles. The second kappa shape index (κ2) is 11.1. The van der Waals surface area contributed by atoms with Gasteiger partial charge < -0.3 is 10.1 Å². The molecule has 0 radical (unpaired) electrons. The van der Waals surface area contributed by atoms with Crippen molar-refractivity contribution in [3.8, 4) is 0 Å². The summed E-state index contributed by atoms with van der Waals surface area (Å²) in [7, 11) is -1.96. The van der Waals surface area contributed by atoms with Crippen LogP contribution in [0.15, 0.2) is 23.2 Å². The van der Waals surface area contributed by atoms with Crippen LogP contribution in [0.5, 0.6) is 0 Å². The predicted octanol–water partition coefficient (Wildman–Crippen LogP) is 2.81. The second-order valence-electron chi connectivity index (χ2n) is 10.8. The SMILES string of the molecule is COCC(=O)Cc1ccc(CCS(=O)(=O)N2CCC3(CC2)N=C(C2CCC(C)CC2)NC3=O)c(C)c1. The van der Waals surface area contributed by atoms with E-state index in [2.05, 4.69) is 12.2 Å². The topological polar surface area (TPSA) is 105 Å². The van der Waals surface area contributed by atoms with Crippen molar-refractivity contribution < 1.29 is 22.7 Å². The monoisotopic (exact) mass is 517 g/mol. The molecule has 1 aliphatic carbocycles. The molecule has 0 atom stereocenters. The van der Waals surface area contributed by atoms with Crippen LogP contribution in [0.3, 0.4) is 0 Å². The van der Waals surface area contributed by atoms with Crippen LogP contribution >= 0.6 is 0 Å². The molecule has 1 amide bonds. The molecule has 2 heterocycles. The Balaban J connectivity index is 1.33. The number of hydrogen-bond acceptors (Lipinski definition) is 6. The molecule has 3 aliphatic rings. The average Bonchev–Trinajstić information content (AvgIpc) is 3.14. The molecule has 36 heavy (non-hydrogen) atoms. The number of carbonyl (C=O) groups is 2. The van der Waals surface area contributed by atoms with E-state index in [9.17, 15) is 18.0 Å². The van der Waals surface area contributed by atoms with Gasteiger partial charge in [-0.05, 0) is 61.6 Å². The third kappa shape index (κ3) is 6.06. The number of nitrogens with one attached hydrogen (secondary N) is 1. The predicted molar refractivity (Wildman–Crippen MR) is 139 cm³/mol. The number of nitrogens with zero attached hydrogens (tertiary/aromatic N) is 2. The Morgan fingerprint density at radius 3 is 2.53 bits per heavy atom. The zero-order chi connectivity index (χ0) is 25.9. The zero-order valence-corrected chi connectivity index (χ0v) is 22.5. The number of benzene rings is 1. The third-order valence-corrected chi connectivity index (χ3v) is 9.96. The summed E-state index contributed by atoms with van der Waals surface area (Å²) in [6.45, 7) is 4.93. The van der Waals surface area contributed by atoms with Crippen LogP contribution in [0.1, 0.15) is 62.1 Å². The normalized spacial score (nSPS) is 24.5. The number of piperidine rings is 1. The van der Waals surface area contributed by atoms with Crippen molar-refractivity contribution in [3.63, 3.8) is 0 Å². The van der Waals surface area contributed by atoms with Gasteiger partial charge in [-0.2, -0.15) is 0 Å². The summed E-state index contributed by atoms with van der Waals surface area (Å²) in [5.74, 6) is 1.84. The van der Waals surface area contributed by atoms with Crippen molar-refractivity contribution >= 4 is 27.5 Å². The van der Waals surface area contributed by atoms with E-state index in [-0.39, 0.29) is 24.1 Å². The van der Waals surface area contributed by atoms with Crippen molar-refractivity contribution in [1.29, 1.82) is 0 Å². The van der Waals surface area contributed by atoms with Crippen LogP contribution < -0.4 is 5.32 Å². The lowest BCUT2D eigenvalue weighted by Crippen LogP contribution is -2.51. The van der Waals surface area contributed by atoms with E-state index in [0.717, 1.165) is 54.1 Å². The van der Waals surface area contributed by atoms with Crippen molar-refractivity contribution in [2.75, 3.05) is 32.6 Å². The number of ether oxygens (including phenoxy) is 1. The van der Waals surface area contributed by atoms with E-state index in [1.54, 1.807) is 0 Å². The Labute approximate surface area is 214 Å². The lowest BCUT2D eigenvalue weighted by atomic mass is 9.82. The molecule has 1 saturated heterocycles. The smallest absolute Gasteiger partial charge is 0.253 e. The second-order valence-corrected chi connectivity index (χ2v) is 12.9. The molecule has 0 aromatic heterocycles. The van der Waals surface area contributed by atoms with Gasteiger partial charge in [0.15, 0.2) is 5.78 Å². The number of amidine groups is 1. The van der Waals surface area contributed by atoms with Gasteiger partial charge in [0.25, 0.3) is 5.91 Å². The maximum atomic E-state index is 13.1. The molecule has 1 saturated carbocycles. The number of aliphatic imine (C=N–C) groups is 1. The summed E-state index contributed by atoms with van der Waals surface area (Å²) in [5.41, 5.74) is 2.03. The van der Waals surface area contributed by atoms with Crippen LogP contribution in [0.2, 0.25) is 0 Å². The van der Waals surface area contributed by atoms with E-state index in [4.69, 9.17) is 9.73 Å². The highest BCUT2D eigenvalue weighted by Crippen LogP contribution is 2.36. The number of carbonyl (C=O) groups excluding carboxylic acids is 2. The number of methoxy groups -OCH3 is 1. The van der Waals surface area contributed by atoms with Crippen molar-refractivity contribution in [1.82, 2.24) is 9.62 Å². The highest BCUT2D eigenvalue weighted by molar-refractivity contribution is 7.89. The van der Waals surface area contributed by atoms with Crippen molar-refractivity contribution in [3.05, 3.63) is 34.9 Å². The van der Waals surface area contributed by atoms with Gasteiger partial charge in [-0.3, -0.25) is 14.6 Å². The number of Topliss-reactive ketones (excluding diaryl/α,β-unsaturated/α-hetero) is 1.